The highest BCUT2D eigenvalue weighted by atomic mass is 32.1. The number of hydrogen-bond acceptors (Lipinski definition) is 3. The average Bonchev–Trinajstić information content (AvgIpc) is 3.16. The van der Waals surface area contributed by atoms with Gasteiger partial charge in [0.25, 0.3) is 5.91 Å². The molecule has 0 saturated carbocycles. The number of guanidine groups is 1. The molecular formula is C20H27FN4OS. The zero-order valence-corrected chi connectivity index (χ0v) is 16.8. The van der Waals surface area contributed by atoms with Crippen LogP contribution in [0.3, 0.4) is 0 Å². The van der Waals surface area contributed by atoms with E-state index in [0.29, 0.717) is 36.1 Å². The van der Waals surface area contributed by atoms with E-state index in [2.05, 4.69) is 45.4 Å². The largest absolute Gasteiger partial charge is 0.356 e. The van der Waals surface area contributed by atoms with Crippen LogP contribution in [0.25, 0.3) is 0 Å². The van der Waals surface area contributed by atoms with Gasteiger partial charge < -0.3 is 16.0 Å². The van der Waals surface area contributed by atoms with E-state index in [1.54, 1.807) is 37.4 Å². The normalized spacial score (nSPS) is 12.5. The molecule has 27 heavy (non-hydrogen) atoms. The third-order valence-corrected chi connectivity index (χ3v) is 5.01. The number of halogens is 1. The van der Waals surface area contributed by atoms with Gasteiger partial charge in [0, 0.05) is 37.1 Å². The summed E-state index contributed by atoms with van der Waals surface area (Å²) in [6.07, 6.45) is 1.03. The van der Waals surface area contributed by atoms with E-state index in [0.717, 1.165) is 13.0 Å². The Bertz CT molecular complexity index is 761. The lowest BCUT2D eigenvalue weighted by atomic mass is 10.1. The van der Waals surface area contributed by atoms with E-state index >= 15 is 0 Å². The van der Waals surface area contributed by atoms with Crippen LogP contribution in [0.1, 0.15) is 27.7 Å². The summed E-state index contributed by atoms with van der Waals surface area (Å²) >= 11 is 1.77. The van der Waals surface area contributed by atoms with E-state index in [1.807, 2.05) is 0 Å². The molecule has 0 radical (unpaired) electrons. The summed E-state index contributed by atoms with van der Waals surface area (Å²) in [5.74, 6) is 0.521. The van der Waals surface area contributed by atoms with Crippen molar-refractivity contribution in [2.75, 3.05) is 26.7 Å². The lowest BCUT2D eigenvalue weighted by Gasteiger charge is -2.16. The van der Waals surface area contributed by atoms with Crippen LogP contribution in [0, 0.1) is 18.7 Å². The highest BCUT2D eigenvalue weighted by molar-refractivity contribution is 7.09. The molecule has 2 aromatic rings. The number of amides is 1. The second kappa shape index (κ2) is 10.7. The number of carbonyl (C=O) groups is 1. The summed E-state index contributed by atoms with van der Waals surface area (Å²) in [4.78, 5) is 17.6. The van der Waals surface area contributed by atoms with E-state index in [4.69, 9.17) is 0 Å². The third kappa shape index (κ3) is 7.02. The van der Waals surface area contributed by atoms with Crippen LogP contribution in [0.15, 0.2) is 40.7 Å². The maximum absolute atomic E-state index is 13.5. The number of hydrogen-bond donors (Lipinski definition) is 3. The highest BCUT2D eigenvalue weighted by Gasteiger charge is 2.08. The summed E-state index contributed by atoms with van der Waals surface area (Å²) < 4.78 is 13.5. The SMILES string of the molecule is CN=C(NCCNC(=O)c1ccc(C)c(F)c1)NCC(C)Cc1cccs1. The van der Waals surface area contributed by atoms with Gasteiger partial charge in [0.1, 0.15) is 5.82 Å². The van der Waals surface area contributed by atoms with E-state index in [-0.39, 0.29) is 11.7 Å². The predicted octanol–water partition coefficient (Wildman–Crippen LogP) is 2.97. The minimum Gasteiger partial charge on any atom is -0.356 e. The first-order valence-electron chi connectivity index (χ1n) is 9.01. The Morgan fingerprint density at radius 3 is 2.67 bits per heavy atom. The van der Waals surface area contributed by atoms with Crippen molar-refractivity contribution in [3.8, 4) is 0 Å². The number of rotatable bonds is 8. The van der Waals surface area contributed by atoms with Gasteiger partial charge in [-0.15, -0.1) is 11.3 Å². The molecule has 0 fully saturated rings. The summed E-state index contributed by atoms with van der Waals surface area (Å²) in [5.41, 5.74) is 0.847. The predicted molar refractivity (Wildman–Crippen MR) is 110 cm³/mol. The van der Waals surface area contributed by atoms with E-state index in [1.165, 1.54) is 10.9 Å². The molecule has 1 heterocycles. The lowest BCUT2D eigenvalue weighted by Crippen LogP contribution is -2.43. The van der Waals surface area contributed by atoms with Crippen LogP contribution >= 0.6 is 11.3 Å². The van der Waals surface area contributed by atoms with Crippen LogP contribution in [0.4, 0.5) is 4.39 Å². The van der Waals surface area contributed by atoms with E-state index in [9.17, 15) is 9.18 Å². The Balaban J connectivity index is 1.66. The van der Waals surface area contributed by atoms with E-state index < -0.39 is 0 Å². The smallest absolute Gasteiger partial charge is 0.251 e. The molecule has 1 unspecified atom stereocenters. The van der Waals surface area contributed by atoms with Crippen LogP contribution in [0.2, 0.25) is 0 Å². The molecule has 1 aromatic heterocycles. The molecule has 0 aliphatic carbocycles. The van der Waals surface area contributed by atoms with Gasteiger partial charge in [-0.05, 0) is 48.4 Å². The molecule has 0 bridgehead atoms. The maximum Gasteiger partial charge on any atom is 0.251 e. The van der Waals surface area contributed by atoms with Crippen LogP contribution in [-0.4, -0.2) is 38.5 Å². The monoisotopic (exact) mass is 390 g/mol. The maximum atomic E-state index is 13.5. The standard InChI is InChI=1S/C20H27FN4OS/c1-14(11-17-5-4-10-27-17)13-25-20(22-3)24-9-8-23-19(26)16-7-6-15(2)18(21)12-16/h4-7,10,12,14H,8-9,11,13H2,1-3H3,(H,23,26)(H2,22,24,25). The number of nitrogens with zero attached hydrogens (tertiary/aromatic N) is 1. The quantitative estimate of drug-likeness (QED) is 0.369. The highest BCUT2D eigenvalue weighted by Crippen LogP contribution is 2.13. The molecule has 5 nitrogen and oxygen atoms in total. The Kier molecular flexibility index (Phi) is 8.26. The molecule has 0 saturated heterocycles. The van der Waals surface area contributed by atoms with Gasteiger partial charge in [0.15, 0.2) is 5.96 Å². The Morgan fingerprint density at radius 1 is 1.22 bits per heavy atom. The number of aryl methyl sites for hydroxylation is 1. The van der Waals surface area contributed by atoms with Crippen LogP contribution in [-0.2, 0) is 6.42 Å². The first kappa shape index (κ1) is 20.9. The van der Waals surface area contributed by atoms with Crippen LogP contribution in [0.5, 0.6) is 0 Å². The van der Waals surface area contributed by atoms with Crippen LogP contribution < -0.4 is 16.0 Å². The molecule has 146 valence electrons. The minimum absolute atomic E-state index is 0.289. The molecule has 0 aliphatic rings. The molecule has 2 rings (SSSR count). The number of aliphatic imine (C=N–C) groups is 1. The van der Waals surface area contributed by atoms with Crippen molar-refractivity contribution in [3.63, 3.8) is 0 Å². The molecule has 1 amide bonds. The minimum atomic E-state index is -0.373. The number of carbonyl (C=O) groups excluding carboxylic acids is 1. The van der Waals surface area contributed by atoms with Crippen molar-refractivity contribution < 1.29 is 9.18 Å². The van der Waals surface area contributed by atoms with Crippen molar-refractivity contribution >= 4 is 23.2 Å². The van der Waals surface area contributed by atoms with Gasteiger partial charge in [-0.3, -0.25) is 9.79 Å². The van der Waals surface area contributed by atoms with Crippen molar-refractivity contribution in [3.05, 3.63) is 57.5 Å². The summed E-state index contributed by atoms with van der Waals surface area (Å²) in [6, 6.07) is 8.70. The lowest BCUT2D eigenvalue weighted by molar-refractivity contribution is 0.0954. The zero-order chi connectivity index (χ0) is 19.6. The molecule has 1 atom stereocenters. The number of benzene rings is 1. The molecular weight excluding hydrogens is 363 g/mol. The molecule has 7 heteroatoms. The topological polar surface area (TPSA) is 65.5 Å². The summed E-state index contributed by atoms with van der Waals surface area (Å²) in [7, 11) is 1.72. The second-order valence-electron chi connectivity index (χ2n) is 6.49. The van der Waals surface area contributed by atoms with Crippen molar-refractivity contribution in [1.82, 2.24) is 16.0 Å². The second-order valence-corrected chi connectivity index (χ2v) is 7.52. The number of nitrogens with one attached hydrogen (secondary N) is 3. The van der Waals surface area contributed by atoms with Gasteiger partial charge in [-0.1, -0.05) is 19.1 Å². The first-order chi connectivity index (χ1) is 13.0. The molecule has 3 N–H and O–H groups in total. The fourth-order valence-corrected chi connectivity index (χ4v) is 3.40. The molecule has 1 aromatic carbocycles. The fourth-order valence-electron chi connectivity index (χ4n) is 2.53. The Labute approximate surface area is 164 Å². The third-order valence-electron chi connectivity index (χ3n) is 4.11. The summed E-state index contributed by atoms with van der Waals surface area (Å²) in [6.45, 7) is 5.62. The van der Waals surface area contributed by atoms with Gasteiger partial charge in [-0.25, -0.2) is 4.39 Å². The zero-order valence-electron chi connectivity index (χ0n) is 16.0. The average molecular weight is 391 g/mol. The molecule has 0 aliphatic heterocycles. The fraction of sp³-hybridized carbons (Fsp3) is 0.400. The van der Waals surface area contributed by atoms with Gasteiger partial charge in [-0.2, -0.15) is 0 Å². The summed E-state index contributed by atoms with van der Waals surface area (Å²) in [5, 5.41) is 11.3. The number of thiophene rings is 1. The van der Waals surface area contributed by atoms with Gasteiger partial charge in [0.05, 0.1) is 0 Å². The van der Waals surface area contributed by atoms with Crippen molar-refractivity contribution in [2.24, 2.45) is 10.9 Å². The first-order valence-corrected chi connectivity index (χ1v) is 9.88. The van der Waals surface area contributed by atoms with Crippen molar-refractivity contribution in [1.29, 1.82) is 0 Å². The van der Waals surface area contributed by atoms with Gasteiger partial charge in [0.2, 0.25) is 0 Å². The Morgan fingerprint density at radius 2 is 2.00 bits per heavy atom. The van der Waals surface area contributed by atoms with Gasteiger partial charge >= 0.3 is 0 Å². The Hall–Kier alpha value is -2.41. The van der Waals surface area contributed by atoms with Crippen molar-refractivity contribution in [2.45, 2.75) is 20.3 Å². The molecule has 0 spiro atoms.